The first-order valence-corrected chi connectivity index (χ1v) is 7.79. The maximum atomic E-state index is 11.8. The minimum atomic E-state index is -0.929. The number of carbonyl (C=O) groups excluding carboxylic acids is 1. The van der Waals surface area contributed by atoms with E-state index in [1.54, 1.807) is 0 Å². The summed E-state index contributed by atoms with van der Waals surface area (Å²) in [5.74, 6) is -0.428. The van der Waals surface area contributed by atoms with Crippen molar-refractivity contribution in [1.29, 1.82) is 0 Å². The summed E-state index contributed by atoms with van der Waals surface area (Å²) in [7, 11) is 0. The van der Waals surface area contributed by atoms with Gasteiger partial charge in [0.25, 0.3) is 0 Å². The number of hydrogen-bond donors (Lipinski definition) is 2. The molecule has 1 amide bonds. The van der Waals surface area contributed by atoms with Gasteiger partial charge in [-0.2, -0.15) is 0 Å². The van der Waals surface area contributed by atoms with Crippen LogP contribution >= 0.6 is 0 Å². The average molecular weight is 327 g/mol. The summed E-state index contributed by atoms with van der Waals surface area (Å²) in [5.41, 5.74) is 3.12. The van der Waals surface area contributed by atoms with Gasteiger partial charge in [-0.25, -0.2) is 0 Å². The van der Waals surface area contributed by atoms with Crippen LogP contribution in [0.5, 0.6) is 5.75 Å². The van der Waals surface area contributed by atoms with Gasteiger partial charge in [0.15, 0.2) is 0 Å². The molecule has 0 radical (unpaired) electrons. The minimum absolute atomic E-state index is 0.0781. The lowest BCUT2D eigenvalue weighted by Crippen LogP contribution is -2.27. The Morgan fingerprint density at radius 3 is 2.67 bits per heavy atom. The maximum absolute atomic E-state index is 11.8. The Hall–Kier alpha value is -2.82. The van der Waals surface area contributed by atoms with Crippen LogP contribution in [0.25, 0.3) is 0 Å². The van der Waals surface area contributed by atoms with Gasteiger partial charge < -0.3 is 15.2 Å². The molecule has 2 rings (SSSR count). The van der Waals surface area contributed by atoms with E-state index >= 15 is 0 Å². The molecule has 0 aliphatic rings. The van der Waals surface area contributed by atoms with Crippen LogP contribution < -0.4 is 10.1 Å². The maximum Gasteiger partial charge on any atom is 0.305 e. The van der Waals surface area contributed by atoms with Gasteiger partial charge in [0.05, 0.1) is 12.8 Å². The lowest BCUT2D eigenvalue weighted by molar-refractivity contribution is -0.136. The molecule has 0 saturated heterocycles. The number of nitrogens with one attached hydrogen (secondary N) is 1. The highest BCUT2D eigenvalue weighted by atomic mass is 16.5. The number of carboxylic acid groups (broad SMARTS) is 1. The van der Waals surface area contributed by atoms with Gasteiger partial charge in [-0.05, 0) is 35.7 Å². The fourth-order valence-electron chi connectivity index (χ4n) is 2.24. The van der Waals surface area contributed by atoms with Gasteiger partial charge in [-0.3, -0.25) is 9.59 Å². The standard InChI is InChI=1S/C19H21NO4/c1-14-5-2-3-7-16(14)13-24-17-8-4-6-15(11-17)12-18(21)20-10-9-19(22)23/h2-8,11H,9-10,12-13H2,1H3,(H,20,21)(H,22,23). The average Bonchev–Trinajstić information content (AvgIpc) is 2.54. The molecule has 5 heteroatoms. The number of hydrogen-bond acceptors (Lipinski definition) is 3. The van der Waals surface area contributed by atoms with Crippen molar-refractivity contribution in [3.05, 3.63) is 65.2 Å². The number of aliphatic carboxylic acids is 1. The topological polar surface area (TPSA) is 75.6 Å². The van der Waals surface area contributed by atoms with E-state index in [0.29, 0.717) is 12.4 Å². The van der Waals surface area contributed by atoms with Crippen molar-refractivity contribution in [2.75, 3.05) is 6.54 Å². The molecule has 2 aromatic carbocycles. The van der Waals surface area contributed by atoms with Gasteiger partial charge in [-0.1, -0.05) is 36.4 Å². The predicted octanol–water partition coefficient (Wildman–Crippen LogP) is 2.71. The van der Waals surface area contributed by atoms with Gasteiger partial charge in [-0.15, -0.1) is 0 Å². The zero-order valence-corrected chi connectivity index (χ0v) is 13.6. The number of carbonyl (C=O) groups is 2. The molecule has 0 saturated carbocycles. The van der Waals surface area contributed by atoms with Crippen molar-refractivity contribution >= 4 is 11.9 Å². The highest BCUT2D eigenvalue weighted by Gasteiger charge is 2.06. The fourth-order valence-corrected chi connectivity index (χ4v) is 2.24. The molecule has 0 aliphatic heterocycles. The molecule has 0 unspecified atom stereocenters. The molecule has 5 nitrogen and oxygen atoms in total. The Morgan fingerprint density at radius 2 is 1.92 bits per heavy atom. The van der Waals surface area contributed by atoms with E-state index < -0.39 is 5.97 Å². The van der Waals surface area contributed by atoms with Gasteiger partial charge in [0, 0.05) is 6.54 Å². The third-order valence-corrected chi connectivity index (χ3v) is 3.58. The molecule has 24 heavy (non-hydrogen) atoms. The van der Waals surface area contributed by atoms with Crippen molar-refractivity contribution in [3.63, 3.8) is 0 Å². The van der Waals surface area contributed by atoms with Gasteiger partial charge in [0.2, 0.25) is 5.91 Å². The molecular weight excluding hydrogens is 306 g/mol. The van der Waals surface area contributed by atoms with Crippen LogP contribution in [0.4, 0.5) is 0 Å². The lowest BCUT2D eigenvalue weighted by Gasteiger charge is -2.10. The van der Waals surface area contributed by atoms with Crippen LogP contribution in [-0.2, 0) is 22.6 Å². The van der Waals surface area contributed by atoms with Crippen molar-refractivity contribution in [3.8, 4) is 5.75 Å². The fraction of sp³-hybridized carbons (Fsp3) is 0.263. The number of aryl methyl sites for hydroxylation is 1. The van der Waals surface area contributed by atoms with Crippen molar-refractivity contribution in [2.24, 2.45) is 0 Å². The van der Waals surface area contributed by atoms with Crippen LogP contribution in [0.15, 0.2) is 48.5 Å². The molecule has 2 aromatic rings. The number of ether oxygens (including phenoxy) is 1. The smallest absolute Gasteiger partial charge is 0.305 e. The van der Waals surface area contributed by atoms with Crippen molar-refractivity contribution in [1.82, 2.24) is 5.32 Å². The first-order chi connectivity index (χ1) is 11.5. The second-order valence-corrected chi connectivity index (χ2v) is 5.53. The first kappa shape index (κ1) is 17.5. The van der Waals surface area contributed by atoms with E-state index in [1.807, 2.05) is 55.5 Å². The Morgan fingerprint density at radius 1 is 1.12 bits per heavy atom. The van der Waals surface area contributed by atoms with Gasteiger partial charge >= 0.3 is 5.97 Å². The Kier molecular flexibility index (Phi) is 6.37. The van der Waals surface area contributed by atoms with Crippen molar-refractivity contribution in [2.45, 2.75) is 26.4 Å². The van der Waals surface area contributed by atoms with Crippen LogP contribution in [-0.4, -0.2) is 23.5 Å². The van der Waals surface area contributed by atoms with E-state index in [1.165, 1.54) is 5.56 Å². The largest absolute Gasteiger partial charge is 0.489 e. The second-order valence-electron chi connectivity index (χ2n) is 5.53. The van der Waals surface area contributed by atoms with Crippen molar-refractivity contribution < 1.29 is 19.4 Å². The zero-order chi connectivity index (χ0) is 17.4. The third-order valence-electron chi connectivity index (χ3n) is 3.58. The molecule has 0 aliphatic carbocycles. The Balaban J connectivity index is 1.88. The quantitative estimate of drug-likeness (QED) is 0.782. The lowest BCUT2D eigenvalue weighted by atomic mass is 10.1. The molecule has 0 fully saturated rings. The summed E-state index contributed by atoms with van der Waals surface area (Å²) >= 11 is 0. The molecule has 0 aromatic heterocycles. The first-order valence-electron chi connectivity index (χ1n) is 7.79. The summed E-state index contributed by atoms with van der Waals surface area (Å²) in [4.78, 5) is 22.2. The monoisotopic (exact) mass is 327 g/mol. The summed E-state index contributed by atoms with van der Waals surface area (Å²) in [5, 5.41) is 11.1. The number of carboxylic acids is 1. The van der Waals surface area contributed by atoms with E-state index in [-0.39, 0.29) is 25.3 Å². The van der Waals surface area contributed by atoms with Crippen LogP contribution in [0.3, 0.4) is 0 Å². The molecule has 0 atom stereocenters. The van der Waals surface area contributed by atoms with Crippen LogP contribution in [0.1, 0.15) is 23.1 Å². The van der Waals surface area contributed by atoms with Crippen LogP contribution in [0, 0.1) is 6.92 Å². The summed E-state index contributed by atoms with van der Waals surface area (Å²) < 4.78 is 5.80. The highest BCUT2D eigenvalue weighted by Crippen LogP contribution is 2.17. The summed E-state index contributed by atoms with van der Waals surface area (Å²) in [6.07, 6.45) is 0.118. The number of benzene rings is 2. The Bertz CT molecular complexity index is 712. The normalized spacial score (nSPS) is 10.2. The van der Waals surface area contributed by atoms with E-state index in [2.05, 4.69) is 5.32 Å². The summed E-state index contributed by atoms with van der Waals surface area (Å²) in [6, 6.07) is 15.4. The highest BCUT2D eigenvalue weighted by molar-refractivity contribution is 5.79. The second kappa shape index (κ2) is 8.72. The molecule has 0 heterocycles. The molecule has 0 spiro atoms. The van der Waals surface area contributed by atoms with E-state index in [4.69, 9.17) is 9.84 Å². The minimum Gasteiger partial charge on any atom is -0.489 e. The molecule has 0 bridgehead atoms. The van der Waals surface area contributed by atoms with E-state index in [0.717, 1.165) is 11.1 Å². The zero-order valence-electron chi connectivity index (χ0n) is 13.6. The third kappa shape index (κ3) is 5.76. The summed E-state index contributed by atoms with van der Waals surface area (Å²) in [6.45, 7) is 2.65. The predicted molar refractivity (Wildman–Crippen MR) is 90.9 cm³/mol. The molecule has 126 valence electrons. The van der Waals surface area contributed by atoms with E-state index in [9.17, 15) is 9.59 Å². The SMILES string of the molecule is Cc1ccccc1COc1cccc(CC(=O)NCCC(=O)O)c1. The number of amides is 1. The van der Waals surface area contributed by atoms with Gasteiger partial charge in [0.1, 0.15) is 12.4 Å². The van der Waals surface area contributed by atoms with Crippen LogP contribution in [0.2, 0.25) is 0 Å². The molecular formula is C19H21NO4. The number of rotatable bonds is 8. The molecule has 2 N–H and O–H groups in total. The Labute approximate surface area is 141 Å².